The topological polar surface area (TPSA) is 91.8 Å². The lowest BCUT2D eigenvalue weighted by Crippen LogP contribution is -2.39. The monoisotopic (exact) mass is 446 g/mol. The molecule has 0 saturated heterocycles. The van der Waals surface area contributed by atoms with E-state index in [1.807, 2.05) is 45.2 Å². The molecule has 0 radical (unpaired) electrons. The molecule has 8 nitrogen and oxygen atoms in total. The van der Waals surface area contributed by atoms with E-state index in [9.17, 15) is 13.2 Å². The van der Waals surface area contributed by atoms with Crippen molar-refractivity contribution in [3.8, 4) is 0 Å². The lowest BCUT2D eigenvalue weighted by Gasteiger charge is -2.31. The van der Waals surface area contributed by atoms with E-state index >= 15 is 0 Å². The highest BCUT2D eigenvalue weighted by Gasteiger charge is 2.26. The number of rotatable bonds is 5. The lowest BCUT2D eigenvalue weighted by molar-refractivity contribution is 0.0224. The molecule has 1 amide bonds. The molecular weight excluding hydrogens is 416 g/mol. The van der Waals surface area contributed by atoms with Crippen LogP contribution in [0, 0.1) is 0 Å². The van der Waals surface area contributed by atoms with Crippen LogP contribution < -0.4 is 5.32 Å². The van der Waals surface area contributed by atoms with Crippen molar-refractivity contribution in [2.45, 2.75) is 45.1 Å². The van der Waals surface area contributed by atoms with Crippen LogP contribution in [0.4, 0.5) is 16.3 Å². The van der Waals surface area contributed by atoms with Crippen LogP contribution in [0.2, 0.25) is 0 Å². The number of pyridine rings is 1. The number of carbonyl (C=O) groups is 1. The number of fused-ring (bicyclic) bond motifs is 1. The zero-order valence-corrected chi connectivity index (χ0v) is 19.5. The number of benzene rings is 1. The summed E-state index contributed by atoms with van der Waals surface area (Å²) in [6.45, 7) is 6.65. The lowest BCUT2D eigenvalue weighted by atomic mass is 10.0. The molecule has 1 aliphatic rings. The molecule has 0 fully saturated rings. The number of hydrogen-bond donors (Lipinski definition) is 1. The Morgan fingerprint density at radius 3 is 2.48 bits per heavy atom. The van der Waals surface area contributed by atoms with Crippen LogP contribution in [-0.2, 0) is 33.5 Å². The second-order valence-electron chi connectivity index (χ2n) is 8.85. The Hall–Kier alpha value is -2.65. The summed E-state index contributed by atoms with van der Waals surface area (Å²) in [6.07, 6.45) is 2.26. The molecule has 2 aromatic rings. The molecule has 1 aliphatic heterocycles. The standard InChI is InChI=1S/C22H30N4O4S/c1-22(2,3)30-21(27)26-11-10-17-13-23-20(12-18(17)14-26)24-19-8-6-16(7-9-19)15-31(28,29)25(4)5/h6-9,12-13H,10-11,14-15H2,1-5H3,(H,23,24). The minimum Gasteiger partial charge on any atom is -0.444 e. The fourth-order valence-electron chi connectivity index (χ4n) is 3.16. The molecule has 2 heterocycles. The van der Waals surface area contributed by atoms with Crippen LogP contribution in [0.3, 0.4) is 0 Å². The van der Waals surface area contributed by atoms with Crippen LogP contribution in [0.1, 0.15) is 37.5 Å². The zero-order chi connectivity index (χ0) is 22.8. The molecule has 0 unspecified atom stereocenters. The summed E-state index contributed by atoms with van der Waals surface area (Å²) in [6, 6.07) is 9.16. The predicted octanol–water partition coefficient (Wildman–Crippen LogP) is 3.51. The van der Waals surface area contributed by atoms with Gasteiger partial charge in [-0.2, -0.15) is 0 Å². The summed E-state index contributed by atoms with van der Waals surface area (Å²) in [5, 5.41) is 3.24. The fraction of sp³-hybridized carbons (Fsp3) is 0.455. The van der Waals surface area contributed by atoms with E-state index in [4.69, 9.17) is 4.74 Å². The van der Waals surface area contributed by atoms with Gasteiger partial charge in [0.25, 0.3) is 0 Å². The van der Waals surface area contributed by atoms with Gasteiger partial charge >= 0.3 is 6.09 Å². The number of anilines is 2. The second kappa shape index (κ2) is 8.84. The molecule has 0 spiro atoms. The van der Waals surface area contributed by atoms with Crippen LogP contribution in [0.5, 0.6) is 0 Å². The van der Waals surface area contributed by atoms with Crippen molar-refractivity contribution in [3.63, 3.8) is 0 Å². The molecule has 1 N–H and O–H groups in total. The highest BCUT2D eigenvalue weighted by Crippen LogP contribution is 2.24. The quantitative estimate of drug-likeness (QED) is 0.756. The van der Waals surface area contributed by atoms with Crippen molar-refractivity contribution in [1.82, 2.24) is 14.2 Å². The van der Waals surface area contributed by atoms with Gasteiger partial charge in [-0.25, -0.2) is 22.5 Å². The van der Waals surface area contributed by atoms with Crippen molar-refractivity contribution in [1.29, 1.82) is 0 Å². The van der Waals surface area contributed by atoms with E-state index in [-0.39, 0.29) is 11.8 Å². The molecule has 1 aromatic heterocycles. The summed E-state index contributed by atoms with van der Waals surface area (Å²) < 4.78 is 30.8. The van der Waals surface area contributed by atoms with E-state index in [1.54, 1.807) is 17.0 Å². The Bertz CT molecular complexity index is 1040. The summed E-state index contributed by atoms with van der Waals surface area (Å²) in [5.74, 6) is 0.621. The third-order valence-corrected chi connectivity index (χ3v) is 6.69. The van der Waals surface area contributed by atoms with Crippen LogP contribution >= 0.6 is 0 Å². The highest BCUT2D eigenvalue weighted by molar-refractivity contribution is 7.88. The Morgan fingerprint density at radius 1 is 1.19 bits per heavy atom. The Balaban J connectivity index is 1.68. The SMILES string of the molecule is CN(C)S(=O)(=O)Cc1ccc(Nc2cc3c(cn2)CCN(C(=O)OC(C)(C)C)C3)cc1. The Kier molecular flexibility index (Phi) is 6.56. The minimum absolute atomic E-state index is 0.0438. The van der Waals surface area contributed by atoms with Crippen LogP contribution in [0.15, 0.2) is 36.5 Å². The summed E-state index contributed by atoms with van der Waals surface area (Å²) in [5.41, 5.74) is 3.14. The van der Waals surface area contributed by atoms with Gasteiger partial charge in [0, 0.05) is 39.1 Å². The third kappa shape index (κ3) is 6.18. The number of sulfonamides is 1. The van der Waals surface area contributed by atoms with Gasteiger partial charge in [0.2, 0.25) is 10.0 Å². The molecular formula is C22H30N4O4S. The van der Waals surface area contributed by atoms with Gasteiger partial charge in [-0.15, -0.1) is 0 Å². The molecule has 9 heteroatoms. The normalized spacial score (nSPS) is 14.3. The van der Waals surface area contributed by atoms with E-state index in [2.05, 4.69) is 10.3 Å². The number of aromatic nitrogens is 1. The van der Waals surface area contributed by atoms with Crippen molar-refractivity contribution < 1.29 is 17.9 Å². The van der Waals surface area contributed by atoms with Crippen molar-refractivity contribution in [2.24, 2.45) is 0 Å². The molecule has 0 bridgehead atoms. The maximum Gasteiger partial charge on any atom is 0.410 e. The van der Waals surface area contributed by atoms with E-state index in [1.165, 1.54) is 18.4 Å². The number of nitrogens with one attached hydrogen (secondary N) is 1. The predicted molar refractivity (Wildman–Crippen MR) is 121 cm³/mol. The highest BCUT2D eigenvalue weighted by atomic mass is 32.2. The minimum atomic E-state index is -3.30. The molecule has 3 rings (SSSR count). The van der Waals surface area contributed by atoms with E-state index < -0.39 is 15.6 Å². The molecule has 168 valence electrons. The molecule has 1 aromatic carbocycles. The second-order valence-corrected chi connectivity index (χ2v) is 11.0. The largest absolute Gasteiger partial charge is 0.444 e. The third-order valence-electron chi connectivity index (χ3n) is 4.88. The molecule has 0 aliphatic carbocycles. The first-order valence-corrected chi connectivity index (χ1v) is 11.8. The molecule has 0 atom stereocenters. The summed E-state index contributed by atoms with van der Waals surface area (Å²) in [7, 11) is -0.249. The average molecular weight is 447 g/mol. The molecule has 0 saturated carbocycles. The zero-order valence-electron chi connectivity index (χ0n) is 18.7. The van der Waals surface area contributed by atoms with Crippen molar-refractivity contribution >= 4 is 27.6 Å². The number of nitrogens with zero attached hydrogens (tertiary/aromatic N) is 3. The average Bonchev–Trinajstić information content (AvgIpc) is 2.67. The van der Waals surface area contributed by atoms with Crippen molar-refractivity contribution in [3.05, 3.63) is 53.2 Å². The Morgan fingerprint density at radius 2 is 1.87 bits per heavy atom. The molecule has 31 heavy (non-hydrogen) atoms. The fourth-order valence-corrected chi connectivity index (χ4v) is 4.03. The summed E-state index contributed by atoms with van der Waals surface area (Å²) in [4.78, 5) is 18.6. The number of carbonyl (C=O) groups excluding carboxylic acids is 1. The smallest absolute Gasteiger partial charge is 0.410 e. The van der Waals surface area contributed by atoms with Crippen LogP contribution in [0.25, 0.3) is 0 Å². The van der Waals surface area contributed by atoms with Gasteiger partial charge in [-0.1, -0.05) is 12.1 Å². The van der Waals surface area contributed by atoms with E-state index in [0.717, 1.165) is 23.2 Å². The number of ether oxygens (including phenoxy) is 1. The van der Waals surface area contributed by atoms with Gasteiger partial charge in [0.05, 0.1) is 5.75 Å². The van der Waals surface area contributed by atoms with Gasteiger partial charge in [0.15, 0.2) is 0 Å². The van der Waals surface area contributed by atoms with Gasteiger partial charge in [-0.3, -0.25) is 0 Å². The first-order valence-electron chi connectivity index (χ1n) is 10.1. The maximum atomic E-state index is 12.4. The first-order chi connectivity index (χ1) is 14.4. The van der Waals surface area contributed by atoms with Crippen LogP contribution in [-0.4, -0.2) is 54.9 Å². The number of hydrogen-bond acceptors (Lipinski definition) is 6. The maximum absolute atomic E-state index is 12.4. The van der Waals surface area contributed by atoms with E-state index in [0.29, 0.717) is 24.5 Å². The number of amides is 1. The Labute approximate surface area is 184 Å². The summed E-state index contributed by atoms with van der Waals surface area (Å²) >= 11 is 0. The van der Waals surface area contributed by atoms with Gasteiger partial charge < -0.3 is 15.0 Å². The van der Waals surface area contributed by atoms with Gasteiger partial charge in [0.1, 0.15) is 11.4 Å². The van der Waals surface area contributed by atoms with Crippen molar-refractivity contribution in [2.75, 3.05) is 26.0 Å². The van der Waals surface area contributed by atoms with Gasteiger partial charge in [-0.05, 0) is 62.1 Å². The first kappa shape index (κ1) is 23.0.